The summed E-state index contributed by atoms with van der Waals surface area (Å²) in [4.78, 5) is 10.8. The fourth-order valence-electron chi connectivity index (χ4n) is 2.18. The molecule has 2 nitrogen and oxygen atoms in total. The van der Waals surface area contributed by atoms with Gasteiger partial charge in [-0.15, -0.1) is 0 Å². The molecule has 10 heavy (non-hydrogen) atoms. The van der Waals surface area contributed by atoms with E-state index in [2.05, 4.69) is 0 Å². The van der Waals surface area contributed by atoms with Crippen LogP contribution in [0.25, 0.3) is 0 Å². The summed E-state index contributed by atoms with van der Waals surface area (Å²) in [5, 5.41) is 0. The van der Waals surface area contributed by atoms with Gasteiger partial charge in [0.15, 0.2) is 0 Å². The van der Waals surface area contributed by atoms with Crippen molar-refractivity contribution in [2.45, 2.75) is 31.4 Å². The van der Waals surface area contributed by atoms with E-state index in [-0.39, 0.29) is 0 Å². The Hall–Kier alpha value is -0.600. The van der Waals surface area contributed by atoms with Crippen LogP contribution in [0.3, 0.4) is 0 Å². The number of hydrogen-bond acceptors (Lipinski definition) is 1. The minimum absolute atomic E-state index is 0.384. The molecule has 1 amide bonds. The third kappa shape index (κ3) is 0.435. The molecule has 0 bridgehead atoms. The first kappa shape index (κ1) is 6.13. The van der Waals surface area contributed by atoms with Crippen molar-refractivity contribution in [2.75, 3.05) is 0 Å². The molecule has 2 rings (SSSR count). The van der Waals surface area contributed by atoms with Crippen molar-refractivity contribution in [1.82, 2.24) is 0 Å². The first-order valence-corrected chi connectivity index (χ1v) is 3.60. The van der Waals surface area contributed by atoms with Crippen LogP contribution in [0.15, 0.2) is 0 Å². The second-order valence-electron chi connectivity index (χ2n) is 3.44. The largest absolute Gasteiger partial charge is 0.369 e. The van der Waals surface area contributed by atoms with Crippen LogP contribution in [-0.4, -0.2) is 11.6 Å². The van der Waals surface area contributed by atoms with Gasteiger partial charge >= 0.3 is 0 Å². The van der Waals surface area contributed by atoms with Gasteiger partial charge in [0.1, 0.15) is 5.67 Å². The van der Waals surface area contributed by atoms with Crippen molar-refractivity contribution >= 4 is 5.91 Å². The van der Waals surface area contributed by atoms with Gasteiger partial charge in [0, 0.05) is 0 Å². The van der Waals surface area contributed by atoms with Crippen molar-refractivity contribution in [1.29, 1.82) is 0 Å². The third-order valence-corrected chi connectivity index (χ3v) is 2.96. The van der Waals surface area contributed by atoms with Crippen LogP contribution >= 0.6 is 0 Å². The van der Waals surface area contributed by atoms with E-state index >= 15 is 0 Å². The Morgan fingerprint density at radius 3 is 2.40 bits per heavy atom. The maximum atomic E-state index is 13.3. The summed E-state index contributed by atoms with van der Waals surface area (Å²) in [5.74, 6) is -0.437. The highest BCUT2D eigenvalue weighted by atomic mass is 19.1. The number of carbonyl (C=O) groups is 1. The van der Waals surface area contributed by atoms with Gasteiger partial charge in [0.2, 0.25) is 5.91 Å². The fourth-order valence-corrected chi connectivity index (χ4v) is 2.18. The van der Waals surface area contributed by atoms with Crippen LogP contribution in [0.4, 0.5) is 4.39 Å². The number of amides is 1. The average molecular weight is 143 g/mol. The van der Waals surface area contributed by atoms with E-state index in [0.29, 0.717) is 19.3 Å². The molecule has 0 aromatic rings. The number of nitrogens with two attached hydrogens (primary N) is 1. The number of hydrogen-bond donors (Lipinski definition) is 1. The van der Waals surface area contributed by atoms with Crippen molar-refractivity contribution in [3.05, 3.63) is 0 Å². The molecule has 2 aliphatic rings. The molecule has 2 saturated carbocycles. The molecule has 0 spiro atoms. The molecular formula is C7H10FNO. The zero-order chi connectivity index (χ0) is 7.41. The summed E-state index contributed by atoms with van der Waals surface area (Å²) >= 11 is 0. The number of fused-ring (bicyclic) bond motifs is 1. The highest BCUT2D eigenvalue weighted by Gasteiger charge is 2.74. The standard InChI is InChI=1S/C7H10FNO/c8-7-3-1-2-6(7,4-7)5(9)10/h1-4H2,(H2,9,10). The lowest BCUT2D eigenvalue weighted by atomic mass is 10.0. The van der Waals surface area contributed by atoms with Gasteiger partial charge in [-0.1, -0.05) is 0 Å². The zero-order valence-corrected chi connectivity index (χ0v) is 5.69. The van der Waals surface area contributed by atoms with Crippen LogP contribution in [0.2, 0.25) is 0 Å². The molecule has 2 aliphatic carbocycles. The molecule has 2 atom stereocenters. The zero-order valence-electron chi connectivity index (χ0n) is 5.69. The number of alkyl halides is 1. The first-order valence-electron chi connectivity index (χ1n) is 3.60. The highest BCUT2D eigenvalue weighted by molar-refractivity contribution is 5.86. The summed E-state index contributed by atoms with van der Waals surface area (Å²) in [7, 11) is 0. The molecule has 2 unspecified atom stereocenters. The molecule has 0 aromatic heterocycles. The van der Waals surface area contributed by atoms with Crippen molar-refractivity contribution < 1.29 is 9.18 Å². The first-order chi connectivity index (χ1) is 4.61. The maximum absolute atomic E-state index is 13.3. The van der Waals surface area contributed by atoms with Gasteiger partial charge in [-0.05, 0) is 25.7 Å². The van der Waals surface area contributed by atoms with Crippen LogP contribution < -0.4 is 5.73 Å². The Balaban J connectivity index is 2.28. The Bertz CT molecular complexity index is 202. The molecule has 0 saturated heterocycles. The molecule has 2 N–H and O–H groups in total. The second-order valence-corrected chi connectivity index (χ2v) is 3.44. The maximum Gasteiger partial charge on any atom is 0.227 e. The smallest absolute Gasteiger partial charge is 0.227 e. The van der Waals surface area contributed by atoms with Crippen LogP contribution in [0.1, 0.15) is 25.7 Å². The molecule has 0 aliphatic heterocycles. The van der Waals surface area contributed by atoms with E-state index in [1.807, 2.05) is 0 Å². The minimum atomic E-state index is -1.20. The second kappa shape index (κ2) is 1.36. The Labute approximate surface area is 58.6 Å². The quantitative estimate of drug-likeness (QED) is 0.578. The van der Waals surface area contributed by atoms with Gasteiger partial charge in [-0.3, -0.25) is 4.79 Å². The molecule has 3 heteroatoms. The van der Waals surface area contributed by atoms with E-state index in [4.69, 9.17) is 5.73 Å². The topological polar surface area (TPSA) is 43.1 Å². The number of rotatable bonds is 1. The summed E-state index contributed by atoms with van der Waals surface area (Å²) < 4.78 is 13.3. The summed E-state index contributed by atoms with van der Waals surface area (Å²) in [6.45, 7) is 0. The molecule has 2 fully saturated rings. The molecule has 56 valence electrons. The SMILES string of the molecule is NC(=O)C12CCCC1(F)C2. The van der Waals surface area contributed by atoms with Gasteiger partial charge in [-0.2, -0.15) is 0 Å². The van der Waals surface area contributed by atoms with Crippen LogP contribution in [0.5, 0.6) is 0 Å². The molecule has 0 heterocycles. The fraction of sp³-hybridized carbons (Fsp3) is 0.857. The van der Waals surface area contributed by atoms with Gasteiger partial charge in [0.05, 0.1) is 5.41 Å². The Morgan fingerprint density at radius 1 is 1.50 bits per heavy atom. The average Bonchev–Trinajstić information content (AvgIpc) is 2.29. The van der Waals surface area contributed by atoms with E-state index < -0.39 is 17.0 Å². The summed E-state index contributed by atoms with van der Waals surface area (Å²) in [6, 6.07) is 0. The lowest BCUT2D eigenvalue weighted by Crippen LogP contribution is -2.27. The van der Waals surface area contributed by atoms with Gasteiger partial charge < -0.3 is 5.73 Å². The Kier molecular flexibility index (Phi) is 0.833. The predicted molar refractivity (Wildman–Crippen MR) is 33.9 cm³/mol. The highest BCUT2D eigenvalue weighted by Crippen LogP contribution is 2.68. The van der Waals surface area contributed by atoms with E-state index in [1.165, 1.54) is 0 Å². The molecule has 0 aromatic carbocycles. The predicted octanol–water partition coefficient (Wildman–Crippen LogP) is 0.754. The Morgan fingerprint density at radius 2 is 2.20 bits per heavy atom. The van der Waals surface area contributed by atoms with Crippen LogP contribution in [-0.2, 0) is 4.79 Å². The normalized spacial score (nSPS) is 50.5. The van der Waals surface area contributed by atoms with Crippen LogP contribution in [0, 0.1) is 5.41 Å². The summed E-state index contributed by atoms with van der Waals surface area (Å²) in [6.07, 6.45) is 2.41. The molecule has 0 radical (unpaired) electrons. The van der Waals surface area contributed by atoms with E-state index in [0.717, 1.165) is 6.42 Å². The summed E-state index contributed by atoms with van der Waals surface area (Å²) in [5.41, 5.74) is 3.16. The van der Waals surface area contributed by atoms with E-state index in [9.17, 15) is 9.18 Å². The molecular weight excluding hydrogens is 133 g/mol. The lowest BCUT2D eigenvalue weighted by Gasteiger charge is -2.04. The van der Waals surface area contributed by atoms with Crippen molar-refractivity contribution in [3.63, 3.8) is 0 Å². The van der Waals surface area contributed by atoms with Crippen molar-refractivity contribution in [3.8, 4) is 0 Å². The van der Waals surface area contributed by atoms with Gasteiger partial charge in [-0.25, -0.2) is 4.39 Å². The van der Waals surface area contributed by atoms with E-state index in [1.54, 1.807) is 0 Å². The monoisotopic (exact) mass is 143 g/mol. The van der Waals surface area contributed by atoms with Crippen molar-refractivity contribution in [2.24, 2.45) is 11.1 Å². The number of carbonyl (C=O) groups excluding carboxylic acids is 1. The number of primary amides is 1. The lowest BCUT2D eigenvalue weighted by molar-refractivity contribution is -0.124. The van der Waals surface area contributed by atoms with Gasteiger partial charge in [0.25, 0.3) is 0 Å². The third-order valence-electron chi connectivity index (χ3n) is 2.96. The number of halogens is 1. The minimum Gasteiger partial charge on any atom is -0.369 e.